The molecule has 0 unspecified atom stereocenters. The van der Waals surface area contributed by atoms with Crippen LogP contribution in [0.1, 0.15) is 18.4 Å². The van der Waals surface area contributed by atoms with E-state index in [4.69, 9.17) is 4.74 Å². The third-order valence-corrected chi connectivity index (χ3v) is 2.48. The Morgan fingerprint density at radius 1 is 1.39 bits per heavy atom. The molecule has 6 heteroatoms. The van der Waals surface area contributed by atoms with Crippen molar-refractivity contribution in [3.05, 3.63) is 29.8 Å². The number of aromatic nitrogens is 4. The Balaban J connectivity index is 2.07. The van der Waals surface area contributed by atoms with E-state index in [-0.39, 0.29) is 0 Å². The highest BCUT2D eigenvalue weighted by atomic mass is 16.5. The van der Waals surface area contributed by atoms with Gasteiger partial charge in [-0.2, -0.15) is 10.1 Å². The van der Waals surface area contributed by atoms with Crippen LogP contribution in [-0.2, 0) is 13.6 Å². The Bertz CT molecular complexity index is 523. The van der Waals surface area contributed by atoms with Crippen molar-refractivity contribution in [3.8, 4) is 5.88 Å². The predicted octanol–water partition coefficient (Wildman–Crippen LogP) is 1.53. The van der Waals surface area contributed by atoms with Crippen molar-refractivity contribution in [2.24, 2.45) is 7.05 Å². The monoisotopic (exact) mass is 247 g/mol. The molecule has 1 N–H and O–H groups in total. The lowest BCUT2D eigenvalue weighted by Gasteiger charge is -2.08. The summed E-state index contributed by atoms with van der Waals surface area (Å²) in [4.78, 5) is 8.51. The van der Waals surface area contributed by atoms with Crippen LogP contribution in [0, 0.1) is 6.92 Å². The van der Waals surface area contributed by atoms with E-state index in [2.05, 4.69) is 20.4 Å². The second kappa shape index (κ2) is 5.48. The van der Waals surface area contributed by atoms with Crippen LogP contribution in [0.25, 0.3) is 0 Å². The number of hydrogen-bond acceptors (Lipinski definition) is 5. The first kappa shape index (κ1) is 12.3. The fourth-order valence-electron chi connectivity index (χ4n) is 1.61. The molecule has 18 heavy (non-hydrogen) atoms. The molecule has 2 aromatic heterocycles. The second-order valence-electron chi connectivity index (χ2n) is 3.87. The molecule has 0 aromatic carbocycles. The highest BCUT2D eigenvalue weighted by Crippen LogP contribution is 2.14. The van der Waals surface area contributed by atoms with Crippen LogP contribution in [0.5, 0.6) is 5.88 Å². The van der Waals surface area contributed by atoms with Crippen molar-refractivity contribution >= 4 is 5.82 Å². The fourth-order valence-corrected chi connectivity index (χ4v) is 1.61. The summed E-state index contributed by atoms with van der Waals surface area (Å²) >= 11 is 0. The first-order chi connectivity index (χ1) is 8.69. The molecule has 6 nitrogen and oxygen atoms in total. The Morgan fingerprint density at radius 3 is 2.89 bits per heavy atom. The summed E-state index contributed by atoms with van der Waals surface area (Å²) in [6, 6.07) is 3.76. The summed E-state index contributed by atoms with van der Waals surface area (Å²) in [6.07, 6.45) is 1.77. The smallest absolute Gasteiger partial charge is 0.218 e. The summed E-state index contributed by atoms with van der Waals surface area (Å²) in [5.74, 6) is 2.04. The normalized spacial score (nSPS) is 10.4. The molecule has 0 bridgehead atoms. The number of aryl methyl sites for hydroxylation is 2. The van der Waals surface area contributed by atoms with Crippen LogP contribution in [0.4, 0.5) is 5.82 Å². The molecule has 0 saturated heterocycles. The Hall–Kier alpha value is -2.11. The zero-order chi connectivity index (χ0) is 13.0. The maximum Gasteiger partial charge on any atom is 0.218 e. The lowest BCUT2D eigenvalue weighted by Crippen LogP contribution is -2.08. The van der Waals surface area contributed by atoms with Crippen molar-refractivity contribution in [3.63, 3.8) is 0 Å². The van der Waals surface area contributed by atoms with Gasteiger partial charge in [-0.15, -0.1) is 0 Å². The number of ether oxygens (including phenoxy) is 1. The summed E-state index contributed by atoms with van der Waals surface area (Å²) in [5, 5.41) is 7.35. The van der Waals surface area contributed by atoms with Crippen molar-refractivity contribution in [2.75, 3.05) is 11.9 Å². The standard InChI is InChI=1S/C12H17N5O/c1-4-18-12-7-11(15-9(2)16-12)13-8-10-5-6-14-17(10)3/h5-7H,4,8H2,1-3H3,(H,13,15,16). The van der Waals surface area contributed by atoms with Crippen LogP contribution in [-0.4, -0.2) is 26.4 Å². The quantitative estimate of drug-likeness (QED) is 0.868. The van der Waals surface area contributed by atoms with Gasteiger partial charge in [-0.05, 0) is 19.9 Å². The third-order valence-electron chi connectivity index (χ3n) is 2.48. The first-order valence-electron chi connectivity index (χ1n) is 5.88. The largest absolute Gasteiger partial charge is 0.478 e. The van der Waals surface area contributed by atoms with Gasteiger partial charge in [0.1, 0.15) is 11.6 Å². The van der Waals surface area contributed by atoms with E-state index >= 15 is 0 Å². The minimum atomic E-state index is 0.595. The van der Waals surface area contributed by atoms with E-state index < -0.39 is 0 Å². The number of nitrogens with one attached hydrogen (secondary N) is 1. The second-order valence-corrected chi connectivity index (χ2v) is 3.87. The molecular weight excluding hydrogens is 230 g/mol. The number of hydrogen-bond donors (Lipinski definition) is 1. The number of rotatable bonds is 5. The summed E-state index contributed by atoms with van der Waals surface area (Å²) in [7, 11) is 1.91. The van der Waals surface area contributed by atoms with Crippen LogP contribution in [0.3, 0.4) is 0 Å². The Labute approximate surface area is 106 Å². The average Bonchev–Trinajstić information content (AvgIpc) is 2.72. The molecule has 0 fully saturated rings. The van der Waals surface area contributed by atoms with E-state index in [0.29, 0.717) is 24.9 Å². The SMILES string of the molecule is CCOc1cc(NCc2ccnn2C)nc(C)n1. The minimum Gasteiger partial charge on any atom is -0.478 e. The molecule has 0 spiro atoms. The van der Waals surface area contributed by atoms with Crippen molar-refractivity contribution in [1.29, 1.82) is 0 Å². The van der Waals surface area contributed by atoms with E-state index in [0.717, 1.165) is 11.5 Å². The highest BCUT2D eigenvalue weighted by molar-refractivity contribution is 5.38. The molecule has 0 aliphatic rings. The van der Waals surface area contributed by atoms with Gasteiger partial charge in [0.25, 0.3) is 0 Å². The lowest BCUT2D eigenvalue weighted by molar-refractivity contribution is 0.325. The lowest BCUT2D eigenvalue weighted by atomic mass is 10.4. The maximum atomic E-state index is 5.38. The number of nitrogens with zero attached hydrogens (tertiary/aromatic N) is 4. The van der Waals surface area contributed by atoms with Crippen LogP contribution in [0.15, 0.2) is 18.3 Å². The Kier molecular flexibility index (Phi) is 3.76. The molecule has 2 aromatic rings. The van der Waals surface area contributed by atoms with Gasteiger partial charge >= 0.3 is 0 Å². The number of anilines is 1. The van der Waals surface area contributed by atoms with E-state index in [9.17, 15) is 0 Å². The van der Waals surface area contributed by atoms with Gasteiger partial charge in [0.2, 0.25) is 5.88 Å². The van der Waals surface area contributed by atoms with Crippen LogP contribution < -0.4 is 10.1 Å². The average molecular weight is 247 g/mol. The Morgan fingerprint density at radius 2 is 2.22 bits per heavy atom. The summed E-state index contributed by atoms with van der Waals surface area (Å²) in [6.45, 7) is 5.04. The molecule has 0 aliphatic carbocycles. The third kappa shape index (κ3) is 2.97. The first-order valence-corrected chi connectivity index (χ1v) is 5.88. The van der Waals surface area contributed by atoms with Crippen molar-refractivity contribution in [1.82, 2.24) is 19.7 Å². The topological polar surface area (TPSA) is 64.9 Å². The van der Waals surface area contributed by atoms with Gasteiger partial charge in [-0.25, -0.2) is 4.98 Å². The molecule has 0 saturated carbocycles. The van der Waals surface area contributed by atoms with Crippen LogP contribution >= 0.6 is 0 Å². The van der Waals surface area contributed by atoms with Crippen molar-refractivity contribution in [2.45, 2.75) is 20.4 Å². The molecule has 0 atom stereocenters. The summed E-state index contributed by atoms with van der Waals surface area (Å²) in [5.41, 5.74) is 1.09. The molecular formula is C12H17N5O. The summed E-state index contributed by atoms with van der Waals surface area (Å²) < 4.78 is 7.20. The predicted molar refractivity (Wildman–Crippen MR) is 68.5 cm³/mol. The minimum absolute atomic E-state index is 0.595. The molecule has 0 amide bonds. The van der Waals surface area contributed by atoms with E-state index in [1.165, 1.54) is 0 Å². The fraction of sp³-hybridized carbons (Fsp3) is 0.417. The molecule has 0 radical (unpaired) electrons. The maximum absolute atomic E-state index is 5.38. The van der Waals surface area contributed by atoms with Crippen LogP contribution in [0.2, 0.25) is 0 Å². The molecule has 0 aliphatic heterocycles. The van der Waals surface area contributed by atoms with E-state index in [1.807, 2.05) is 31.6 Å². The van der Waals surface area contributed by atoms with Gasteiger partial charge < -0.3 is 10.1 Å². The van der Waals surface area contributed by atoms with Crippen molar-refractivity contribution < 1.29 is 4.74 Å². The van der Waals surface area contributed by atoms with Gasteiger partial charge in [-0.1, -0.05) is 0 Å². The zero-order valence-electron chi connectivity index (χ0n) is 10.8. The zero-order valence-corrected chi connectivity index (χ0v) is 10.8. The molecule has 2 heterocycles. The van der Waals surface area contributed by atoms with Gasteiger partial charge in [0, 0.05) is 19.3 Å². The van der Waals surface area contributed by atoms with E-state index in [1.54, 1.807) is 12.3 Å². The highest BCUT2D eigenvalue weighted by Gasteiger charge is 2.03. The van der Waals surface area contributed by atoms with Gasteiger partial charge in [0.15, 0.2) is 0 Å². The molecule has 2 rings (SSSR count). The van der Waals surface area contributed by atoms with Gasteiger partial charge in [-0.3, -0.25) is 4.68 Å². The molecule has 96 valence electrons. The van der Waals surface area contributed by atoms with Gasteiger partial charge in [0.05, 0.1) is 18.8 Å².